The van der Waals surface area contributed by atoms with Crippen molar-refractivity contribution in [1.29, 1.82) is 0 Å². The van der Waals surface area contributed by atoms with E-state index < -0.39 is 16.9 Å². The third kappa shape index (κ3) is 4.50. The number of nitrogens with one attached hydrogen (secondary N) is 1. The van der Waals surface area contributed by atoms with Crippen LogP contribution in [-0.4, -0.2) is 16.9 Å². The van der Waals surface area contributed by atoms with Crippen molar-refractivity contribution in [1.82, 2.24) is 0 Å². The molecule has 0 saturated carbocycles. The fourth-order valence-corrected chi connectivity index (χ4v) is 2.39. The highest BCUT2D eigenvalue weighted by Crippen LogP contribution is 2.29. The topological polar surface area (TPSA) is 81.5 Å². The minimum Gasteiger partial charge on any atom is -0.479 e. The molecule has 126 valence electrons. The lowest BCUT2D eigenvalue weighted by Crippen LogP contribution is -2.30. The Kier molecular flexibility index (Phi) is 5.88. The number of nitro benzene ring substituents is 1. The van der Waals surface area contributed by atoms with Crippen LogP contribution in [0.15, 0.2) is 36.4 Å². The minimum absolute atomic E-state index is 0.119. The molecule has 0 bridgehead atoms. The molecule has 0 heterocycles. The van der Waals surface area contributed by atoms with Crippen LogP contribution in [0.4, 0.5) is 11.4 Å². The summed E-state index contributed by atoms with van der Waals surface area (Å²) in [4.78, 5) is 22.4. The molecule has 2 aromatic rings. The van der Waals surface area contributed by atoms with E-state index in [-0.39, 0.29) is 27.2 Å². The van der Waals surface area contributed by atoms with Crippen LogP contribution in [0.1, 0.15) is 6.92 Å². The molecule has 24 heavy (non-hydrogen) atoms. The SMILES string of the molecule is CC(Oc1ccc(Cl)cc1Cl)C(=O)Nc1cc([N+](=O)[O-])ccc1Cl. The molecule has 0 aliphatic carbocycles. The van der Waals surface area contributed by atoms with Crippen molar-refractivity contribution in [3.63, 3.8) is 0 Å². The monoisotopic (exact) mass is 388 g/mol. The third-order valence-electron chi connectivity index (χ3n) is 2.99. The number of hydrogen-bond donors (Lipinski definition) is 1. The average Bonchev–Trinajstić information content (AvgIpc) is 2.51. The van der Waals surface area contributed by atoms with Crippen molar-refractivity contribution < 1.29 is 14.5 Å². The van der Waals surface area contributed by atoms with E-state index >= 15 is 0 Å². The number of nitrogens with zero attached hydrogens (tertiary/aromatic N) is 1. The summed E-state index contributed by atoms with van der Waals surface area (Å²) in [6.45, 7) is 1.51. The van der Waals surface area contributed by atoms with Crippen LogP contribution in [0, 0.1) is 10.1 Å². The Labute approximate surface area is 152 Å². The summed E-state index contributed by atoms with van der Waals surface area (Å²) in [6.07, 6.45) is -0.918. The van der Waals surface area contributed by atoms with E-state index in [9.17, 15) is 14.9 Å². The van der Waals surface area contributed by atoms with Gasteiger partial charge in [0.25, 0.3) is 11.6 Å². The van der Waals surface area contributed by atoms with Gasteiger partial charge in [0.2, 0.25) is 0 Å². The Bertz CT molecular complexity index is 798. The van der Waals surface area contributed by atoms with Gasteiger partial charge >= 0.3 is 0 Å². The highest BCUT2D eigenvalue weighted by molar-refractivity contribution is 6.35. The maximum Gasteiger partial charge on any atom is 0.271 e. The smallest absolute Gasteiger partial charge is 0.271 e. The molecule has 1 N–H and O–H groups in total. The fourth-order valence-electron chi connectivity index (χ4n) is 1.77. The van der Waals surface area contributed by atoms with Gasteiger partial charge < -0.3 is 10.1 Å². The van der Waals surface area contributed by atoms with Crippen LogP contribution in [0.3, 0.4) is 0 Å². The summed E-state index contributed by atoms with van der Waals surface area (Å²) in [7, 11) is 0. The Morgan fingerprint density at radius 3 is 2.50 bits per heavy atom. The van der Waals surface area contributed by atoms with Crippen LogP contribution in [0.5, 0.6) is 5.75 Å². The summed E-state index contributed by atoms with van der Waals surface area (Å²) in [5, 5.41) is 14.1. The van der Waals surface area contributed by atoms with Crippen molar-refractivity contribution in [3.8, 4) is 5.75 Å². The number of amides is 1. The summed E-state index contributed by atoms with van der Waals surface area (Å²) < 4.78 is 5.47. The molecular formula is C15H11Cl3N2O4. The van der Waals surface area contributed by atoms with Crippen LogP contribution in [0.25, 0.3) is 0 Å². The lowest BCUT2D eigenvalue weighted by Gasteiger charge is -2.16. The molecule has 1 atom stereocenters. The molecule has 6 nitrogen and oxygen atoms in total. The number of halogens is 3. The number of anilines is 1. The molecule has 0 aromatic heterocycles. The van der Waals surface area contributed by atoms with Gasteiger partial charge in [-0.3, -0.25) is 14.9 Å². The number of rotatable bonds is 5. The third-order valence-corrected chi connectivity index (χ3v) is 3.85. The van der Waals surface area contributed by atoms with Gasteiger partial charge in [-0.15, -0.1) is 0 Å². The Hall–Kier alpha value is -2.02. The number of ether oxygens (including phenoxy) is 1. The van der Waals surface area contributed by atoms with E-state index in [1.54, 1.807) is 6.07 Å². The molecule has 9 heteroatoms. The van der Waals surface area contributed by atoms with Gasteiger partial charge in [0.1, 0.15) is 5.75 Å². The van der Waals surface area contributed by atoms with Crippen LogP contribution >= 0.6 is 34.8 Å². The minimum atomic E-state index is -0.918. The molecule has 0 fully saturated rings. The Balaban J connectivity index is 2.11. The standard InChI is InChI=1S/C15H11Cl3N2O4/c1-8(24-14-5-2-9(16)6-12(14)18)15(21)19-13-7-10(20(22)23)3-4-11(13)17/h2-8H,1H3,(H,19,21). The molecule has 0 spiro atoms. The Morgan fingerprint density at radius 1 is 1.17 bits per heavy atom. The molecule has 0 saturated heterocycles. The largest absolute Gasteiger partial charge is 0.479 e. The number of benzene rings is 2. The zero-order valence-corrected chi connectivity index (χ0v) is 14.5. The first-order chi connectivity index (χ1) is 11.3. The maximum absolute atomic E-state index is 12.2. The van der Waals surface area contributed by atoms with Crippen molar-refractivity contribution in [2.45, 2.75) is 13.0 Å². The van der Waals surface area contributed by atoms with Gasteiger partial charge in [0.15, 0.2) is 6.10 Å². The second-order valence-electron chi connectivity index (χ2n) is 4.75. The maximum atomic E-state index is 12.2. The van der Waals surface area contributed by atoms with E-state index in [1.807, 2.05) is 0 Å². The van der Waals surface area contributed by atoms with Crippen LogP contribution in [0.2, 0.25) is 15.1 Å². The van der Waals surface area contributed by atoms with E-state index in [0.717, 1.165) is 0 Å². The van der Waals surface area contributed by atoms with Crippen LogP contribution < -0.4 is 10.1 Å². The lowest BCUT2D eigenvalue weighted by molar-refractivity contribution is -0.384. The number of carbonyl (C=O) groups excluding carboxylic acids is 1. The lowest BCUT2D eigenvalue weighted by atomic mass is 10.2. The normalized spacial score (nSPS) is 11.7. The number of nitro groups is 1. The van der Waals surface area contributed by atoms with Gasteiger partial charge in [-0.2, -0.15) is 0 Å². The van der Waals surface area contributed by atoms with Crippen molar-refractivity contribution in [3.05, 3.63) is 61.6 Å². The first-order valence-electron chi connectivity index (χ1n) is 6.64. The van der Waals surface area contributed by atoms with Gasteiger partial charge in [-0.05, 0) is 31.2 Å². The van der Waals surface area contributed by atoms with Crippen molar-refractivity contribution in [2.75, 3.05) is 5.32 Å². The molecule has 1 unspecified atom stereocenters. The Morgan fingerprint density at radius 2 is 1.88 bits per heavy atom. The van der Waals surface area contributed by atoms with E-state index in [4.69, 9.17) is 39.5 Å². The second kappa shape index (κ2) is 7.70. The second-order valence-corrected chi connectivity index (χ2v) is 6.00. The molecular weight excluding hydrogens is 379 g/mol. The summed E-state index contributed by atoms with van der Waals surface area (Å²) in [6, 6.07) is 8.34. The molecule has 0 radical (unpaired) electrons. The summed E-state index contributed by atoms with van der Waals surface area (Å²) in [5.74, 6) is -0.253. The highest BCUT2D eigenvalue weighted by Gasteiger charge is 2.19. The van der Waals surface area contributed by atoms with Crippen molar-refractivity contribution >= 4 is 52.1 Å². The van der Waals surface area contributed by atoms with Crippen molar-refractivity contribution in [2.24, 2.45) is 0 Å². The number of non-ortho nitro benzene ring substituents is 1. The average molecular weight is 390 g/mol. The predicted molar refractivity (Wildman–Crippen MR) is 93.3 cm³/mol. The first-order valence-corrected chi connectivity index (χ1v) is 7.78. The van der Waals surface area contributed by atoms with E-state index in [2.05, 4.69) is 5.32 Å². The summed E-state index contributed by atoms with van der Waals surface area (Å²) >= 11 is 17.7. The zero-order chi connectivity index (χ0) is 17.9. The highest BCUT2D eigenvalue weighted by atomic mass is 35.5. The van der Waals surface area contributed by atoms with E-state index in [0.29, 0.717) is 5.02 Å². The zero-order valence-electron chi connectivity index (χ0n) is 12.3. The first kappa shape index (κ1) is 18.3. The molecule has 1 amide bonds. The van der Waals surface area contributed by atoms with E-state index in [1.165, 1.54) is 37.3 Å². The van der Waals surface area contributed by atoms with Crippen LogP contribution in [-0.2, 0) is 4.79 Å². The molecule has 0 aliphatic rings. The molecule has 2 rings (SSSR count). The number of carbonyl (C=O) groups is 1. The summed E-state index contributed by atoms with van der Waals surface area (Å²) in [5.41, 5.74) is -0.0717. The molecule has 0 aliphatic heterocycles. The number of hydrogen-bond acceptors (Lipinski definition) is 4. The predicted octanol–water partition coefficient (Wildman–Crippen LogP) is 4.96. The quantitative estimate of drug-likeness (QED) is 0.579. The fraction of sp³-hybridized carbons (Fsp3) is 0.133. The molecule has 2 aromatic carbocycles. The van der Waals surface area contributed by atoms with Gasteiger partial charge in [-0.1, -0.05) is 34.8 Å². The van der Waals surface area contributed by atoms with Gasteiger partial charge in [0.05, 0.1) is 20.7 Å². The van der Waals surface area contributed by atoms with Gasteiger partial charge in [-0.25, -0.2) is 0 Å². The van der Waals surface area contributed by atoms with Gasteiger partial charge in [0, 0.05) is 17.2 Å².